The monoisotopic (exact) mass is 170 g/mol. The van der Waals surface area contributed by atoms with Crippen LogP contribution in [0, 0.1) is 5.92 Å². The second kappa shape index (κ2) is 4.61. The van der Waals surface area contributed by atoms with Crippen molar-refractivity contribution in [3.63, 3.8) is 0 Å². The zero-order valence-corrected chi connectivity index (χ0v) is 8.01. The number of hydrogen-bond acceptors (Lipinski definition) is 2. The van der Waals surface area contributed by atoms with Crippen LogP contribution in [0.5, 0.6) is 0 Å². The molecule has 0 radical (unpaired) electrons. The van der Waals surface area contributed by atoms with Crippen molar-refractivity contribution in [2.24, 2.45) is 5.92 Å². The average Bonchev–Trinajstić information content (AvgIpc) is 2.47. The zero-order chi connectivity index (χ0) is 8.97. The molecule has 70 valence electrons. The second-order valence-electron chi connectivity index (χ2n) is 3.63. The van der Waals surface area contributed by atoms with Crippen molar-refractivity contribution in [3.8, 4) is 0 Å². The molecule has 12 heavy (non-hydrogen) atoms. The Kier molecular flexibility index (Phi) is 3.73. The number of ketones is 1. The molecule has 2 heteroatoms. The van der Waals surface area contributed by atoms with Crippen LogP contribution in [0.4, 0.5) is 0 Å². The van der Waals surface area contributed by atoms with Crippen LogP contribution in [-0.2, 0) is 9.53 Å². The molecule has 0 aromatic heterocycles. The molecular formula is C10H18O2. The molecule has 0 aromatic rings. The lowest BCUT2D eigenvalue weighted by Gasteiger charge is -2.12. The van der Waals surface area contributed by atoms with E-state index in [1.165, 1.54) is 0 Å². The van der Waals surface area contributed by atoms with E-state index in [0.717, 1.165) is 25.9 Å². The Bertz CT molecular complexity index is 154. The number of unbranched alkanes of at least 4 members (excludes halogenated alkanes) is 1. The quantitative estimate of drug-likeness (QED) is 0.646. The highest BCUT2D eigenvalue weighted by molar-refractivity contribution is 5.83. The summed E-state index contributed by atoms with van der Waals surface area (Å²) in [5.74, 6) is 0.746. The van der Waals surface area contributed by atoms with E-state index < -0.39 is 0 Å². The molecule has 1 rings (SSSR count). The molecule has 1 heterocycles. The molecule has 2 nitrogen and oxygen atoms in total. The van der Waals surface area contributed by atoms with Gasteiger partial charge in [0.2, 0.25) is 0 Å². The molecule has 0 aliphatic carbocycles. The number of ether oxygens (including phenoxy) is 1. The SMILES string of the molecule is CCCCC(=O)C1OCCC1C. The molecule has 1 aliphatic heterocycles. The first kappa shape index (κ1) is 9.72. The Labute approximate surface area is 74.3 Å². The lowest BCUT2D eigenvalue weighted by molar-refractivity contribution is -0.129. The van der Waals surface area contributed by atoms with Crippen LogP contribution in [-0.4, -0.2) is 18.5 Å². The largest absolute Gasteiger partial charge is 0.370 e. The molecule has 1 aliphatic rings. The topological polar surface area (TPSA) is 26.3 Å². The van der Waals surface area contributed by atoms with Gasteiger partial charge in [0, 0.05) is 13.0 Å². The molecular weight excluding hydrogens is 152 g/mol. The van der Waals surface area contributed by atoms with E-state index in [2.05, 4.69) is 13.8 Å². The van der Waals surface area contributed by atoms with Gasteiger partial charge in [-0.25, -0.2) is 0 Å². The minimum Gasteiger partial charge on any atom is -0.370 e. The van der Waals surface area contributed by atoms with E-state index in [1.807, 2.05) is 0 Å². The number of rotatable bonds is 4. The van der Waals surface area contributed by atoms with Crippen LogP contribution in [0.25, 0.3) is 0 Å². The van der Waals surface area contributed by atoms with Crippen molar-refractivity contribution < 1.29 is 9.53 Å². The standard InChI is InChI=1S/C10H18O2/c1-3-4-5-9(11)10-8(2)6-7-12-10/h8,10H,3-7H2,1-2H3. The highest BCUT2D eigenvalue weighted by Crippen LogP contribution is 2.22. The van der Waals surface area contributed by atoms with Gasteiger partial charge in [0.1, 0.15) is 6.10 Å². The molecule has 1 saturated heterocycles. The maximum atomic E-state index is 11.5. The second-order valence-corrected chi connectivity index (χ2v) is 3.63. The van der Waals surface area contributed by atoms with Gasteiger partial charge < -0.3 is 4.74 Å². The van der Waals surface area contributed by atoms with Gasteiger partial charge in [-0.15, -0.1) is 0 Å². The first-order valence-corrected chi connectivity index (χ1v) is 4.90. The summed E-state index contributed by atoms with van der Waals surface area (Å²) in [7, 11) is 0. The third kappa shape index (κ3) is 2.31. The summed E-state index contributed by atoms with van der Waals surface area (Å²) < 4.78 is 5.37. The van der Waals surface area contributed by atoms with Crippen LogP contribution < -0.4 is 0 Å². The molecule has 0 spiro atoms. The summed E-state index contributed by atoms with van der Waals surface area (Å²) in [5.41, 5.74) is 0. The molecule has 0 amide bonds. The van der Waals surface area contributed by atoms with Crippen molar-refractivity contribution in [1.29, 1.82) is 0 Å². The average molecular weight is 170 g/mol. The van der Waals surface area contributed by atoms with E-state index in [4.69, 9.17) is 4.74 Å². The third-order valence-electron chi connectivity index (χ3n) is 2.48. The minimum absolute atomic E-state index is 0.0865. The van der Waals surface area contributed by atoms with E-state index in [-0.39, 0.29) is 6.10 Å². The maximum absolute atomic E-state index is 11.5. The van der Waals surface area contributed by atoms with Crippen LogP contribution in [0.2, 0.25) is 0 Å². The third-order valence-corrected chi connectivity index (χ3v) is 2.48. The van der Waals surface area contributed by atoms with Crippen molar-refractivity contribution in [2.75, 3.05) is 6.61 Å². The van der Waals surface area contributed by atoms with Gasteiger partial charge in [0.25, 0.3) is 0 Å². The minimum atomic E-state index is -0.0865. The van der Waals surface area contributed by atoms with Crippen LogP contribution >= 0.6 is 0 Å². The first-order chi connectivity index (χ1) is 5.75. The summed E-state index contributed by atoms with van der Waals surface area (Å²) in [4.78, 5) is 11.5. The number of carbonyl (C=O) groups excluding carboxylic acids is 1. The predicted octanol–water partition coefficient (Wildman–Crippen LogP) is 2.17. The zero-order valence-electron chi connectivity index (χ0n) is 8.01. The van der Waals surface area contributed by atoms with Gasteiger partial charge >= 0.3 is 0 Å². The molecule has 1 fully saturated rings. The summed E-state index contributed by atoms with van der Waals surface area (Å²) in [6.45, 7) is 4.97. The van der Waals surface area contributed by atoms with Gasteiger partial charge in [0.05, 0.1) is 0 Å². The molecule has 0 saturated carbocycles. The van der Waals surface area contributed by atoms with E-state index in [0.29, 0.717) is 18.1 Å². The summed E-state index contributed by atoms with van der Waals surface area (Å²) in [5, 5.41) is 0. The number of Topliss-reactive ketones (excluding diaryl/α,β-unsaturated/α-hetero) is 1. The normalized spacial score (nSPS) is 29.2. The van der Waals surface area contributed by atoms with E-state index in [1.54, 1.807) is 0 Å². The Morgan fingerprint density at radius 1 is 1.58 bits per heavy atom. The Morgan fingerprint density at radius 3 is 2.83 bits per heavy atom. The highest BCUT2D eigenvalue weighted by Gasteiger charge is 2.29. The fourth-order valence-electron chi connectivity index (χ4n) is 1.60. The number of carbonyl (C=O) groups is 1. The van der Waals surface area contributed by atoms with Crippen molar-refractivity contribution in [2.45, 2.75) is 45.6 Å². The number of hydrogen-bond donors (Lipinski definition) is 0. The van der Waals surface area contributed by atoms with E-state index in [9.17, 15) is 4.79 Å². The smallest absolute Gasteiger partial charge is 0.161 e. The molecule has 2 atom stereocenters. The lowest BCUT2D eigenvalue weighted by Crippen LogP contribution is -2.24. The van der Waals surface area contributed by atoms with Crippen molar-refractivity contribution in [1.82, 2.24) is 0 Å². The van der Waals surface area contributed by atoms with Gasteiger partial charge in [-0.1, -0.05) is 20.3 Å². The summed E-state index contributed by atoms with van der Waals surface area (Å²) in [6.07, 6.45) is 3.75. The van der Waals surface area contributed by atoms with Crippen LogP contribution in [0.15, 0.2) is 0 Å². The van der Waals surface area contributed by atoms with E-state index >= 15 is 0 Å². The van der Waals surface area contributed by atoms with Gasteiger partial charge in [-0.2, -0.15) is 0 Å². The Morgan fingerprint density at radius 2 is 2.33 bits per heavy atom. The van der Waals surface area contributed by atoms with Gasteiger partial charge in [-0.05, 0) is 18.8 Å². The molecule has 2 unspecified atom stereocenters. The summed E-state index contributed by atoms with van der Waals surface area (Å²) >= 11 is 0. The van der Waals surface area contributed by atoms with Crippen LogP contribution in [0.3, 0.4) is 0 Å². The predicted molar refractivity (Wildman–Crippen MR) is 48.1 cm³/mol. The maximum Gasteiger partial charge on any atom is 0.161 e. The fourth-order valence-corrected chi connectivity index (χ4v) is 1.60. The molecule has 0 N–H and O–H groups in total. The van der Waals surface area contributed by atoms with Gasteiger partial charge in [-0.3, -0.25) is 4.79 Å². The van der Waals surface area contributed by atoms with Crippen molar-refractivity contribution in [3.05, 3.63) is 0 Å². The van der Waals surface area contributed by atoms with Crippen LogP contribution in [0.1, 0.15) is 39.5 Å². The summed E-state index contributed by atoms with van der Waals surface area (Å²) in [6, 6.07) is 0. The lowest BCUT2D eigenvalue weighted by atomic mass is 9.98. The Balaban J connectivity index is 2.30. The molecule has 0 bridgehead atoms. The highest BCUT2D eigenvalue weighted by atomic mass is 16.5. The fraction of sp³-hybridized carbons (Fsp3) is 0.900. The van der Waals surface area contributed by atoms with Gasteiger partial charge in [0.15, 0.2) is 5.78 Å². The molecule has 0 aromatic carbocycles. The van der Waals surface area contributed by atoms with Crippen molar-refractivity contribution >= 4 is 5.78 Å². The first-order valence-electron chi connectivity index (χ1n) is 4.90. The Hall–Kier alpha value is -0.370.